The van der Waals surface area contributed by atoms with Crippen LogP contribution in [0.1, 0.15) is 16.7 Å². The molecule has 28 heavy (non-hydrogen) atoms. The Morgan fingerprint density at radius 1 is 0.929 bits per heavy atom. The summed E-state index contributed by atoms with van der Waals surface area (Å²) in [5, 5.41) is 0. The number of para-hydroxylation sites is 1. The van der Waals surface area contributed by atoms with Gasteiger partial charge in [0.2, 0.25) is 0 Å². The molecule has 4 rings (SSSR count). The first-order valence-corrected chi connectivity index (χ1v) is 10.5. The highest BCUT2D eigenvalue weighted by Crippen LogP contribution is 2.34. The van der Waals surface area contributed by atoms with Gasteiger partial charge in [-0.25, -0.2) is 8.42 Å². The second-order valence-corrected chi connectivity index (χ2v) is 8.68. The lowest BCUT2D eigenvalue weighted by Crippen LogP contribution is -2.26. The minimum atomic E-state index is -3.70. The van der Waals surface area contributed by atoms with Crippen molar-refractivity contribution < 1.29 is 13.2 Å². The van der Waals surface area contributed by atoms with E-state index < -0.39 is 10.0 Å². The number of hydrogen-bond donors (Lipinski definition) is 0. The molecule has 5 heteroatoms. The first-order valence-electron chi connectivity index (χ1n) is 9.09. The predicted molar refractivity (Wildman–Crippen MR) is 110 cm³/mol. The number of fused-ring (bicyclic) bond motifs is 1. The zero-order chi connectivity index (χ0) is 19.6. The molecule has 0 aliphatic carbocycles. The summed E-state index contributed by atoms with van der Waals surface area (Å²) in [6, 6.07) is 24.2. The van der Waals surface area contributed by atoms with E-state index in [9.17, 15) is 8.42 Å². The van der Waals surface area contributed by atoms with E-state index in [4.69, 9.17) is 4.74 Å². The summed E-state index contributed by atoms with van der Waals surface area (Å²) in [6.45, 7) is 2.55. The van der Waals surface area contributed by atoms with Gasteiger partial charge >= 0.3 is 0 Å². The van der Waals surface area contributed by atoms with Crippen LogP contribution in [-0.2, 0) is 16.6 Å². The van der Waals surface area contributed by atoms with Crippen LogP contribution in [-0.4, -0.2) is 19.3 Å². The van der Waals surface area contributed by atoms with Crippen molar-refractivity contribution in [2.75, 3.05) is 6.61 Å². The lowest BCUT2D eigenvalue weighted by Gasteiger charge is -2.22. The van der Waals surface area contributed by atoms with Gasteiger partial charge in [-0.05, 0) is 30.7 Å². The van der Waals surface area contributed by atoms with Crippen molar-refractivity contribution in [1.29, 1.82) is 0 Å². The van der Waals surface area contributed by atoms with E-state index in [0.717, 1.165) is 28.0 Å². The third-order valence-corrected chi connectivity index (χ3v) is 6.44. The molecule has 0 aromatic heterocycles. The van der Waals surface area contributed by atoms with E-state index in [-0.39, 0.29) is 11.4 Å². The Labute approximate surface area is 165 Å². The third kappa shape index (κ3) is 3.66. The first-order chi connectivity index (χ1) is 13.5. The van der Waals surface area contributed by atoms with E-state index >= 15 is 0 Å². The van der Waals surface area contributed by atoms with Gasteiger partial charge in [0.05, 0.1) is 11.4 Å². The topological polar surface area (TPSA) is 46.6 Å². The van der Waals surface area contributed by atoms with Gasteiger partial charge in [-0.1, -0.05) is 66.2 Å². The number of rotatable bonds is 5. The van der Waals surface area contributed by atoms with Crippen molar-refractivity contribution in [2.24, 2.45) is 0 Å². The van der Waals surface area contributed by atoms with Crippen LogP contribution in [0.15, 0.2) is 90.0 Å². The molecule has 1 aliphatic rings. The fourth-order valence-corrected chi connectivity index (χ4v) is 4.52. The number of benzene rings is 3. The van der Waals surface area contributed by atoms with Crippen LogP contribution < -0.4 is 4.74 Å². The Kier molecular flexibility index (Phi) is 4.92. The Balaban J connectivity index is 1.76. The van der Waals surface area contributed by atoms with Crippen LogP contribution in [0.4, 0.5) is 0 Å². The van der Waals surface area contributed by atoms with Gasteiger partial charge in [0.25, 0.3) is 10.0 Å². The first kappa shape index (κ1) is 18.3. The highest BCUT2D eigenvalue weighted by molar-refractivity contribution is 7.89. The van der Waals surface area contributed by atoms with Crippen LogP contribution in [0.2, 0.25) is 0 Å². The van der Waals surface area contributed by atoms with Gasteiger partial charge in [0.15, 0.2) is 0 Å². The van der Waals surface area contributed by atoms with Crippen molar-refractivity contribution in [1.82, 2.24) is 4.31 Å². The lowest BCUT2D eigenvalue weighted by atomic mass is 10.1. The molecule has 0 saturated carbocycles. The molecular formula is C23H21NO3S. The normalized spacial score (nSPS) is 14.5. The van der Waals surface area contributed by atoms with Crippen LogP contribution in [0.5, 0.6) is 5.75 Å². The van der Waals surface area contributed by atoms with Crippen LogP contribution in [0.3, 0.4) is 0 Å². The van der Waals surface area contributed by atoms with Gasteiger partial charge < -0.3 is 4.74 Å². The van der Waals surface area contributed by atoms with Crippen LogP contribution in [0.25, 0.3) is 5.57 Å². The summed E-state index contributed by atoms with van der Waals surface area (Å²) in [5.41, 5.74) is 3.72. The molecule has 4 nitrogen and oxygen atoms in total. The smallest absolute Gasteiger partial charge is 0.264 e. The largest absolute Gasteiger partial charge is 0.488 e. The van der Waals surface area contributed by atoms with Crippen molar-refractivity contribution >= 4 is 15.6 Å². The molecule has 0 spiro atoms. The molecule has 1 heterocycles. The Hall–Kier alpha value is -3.05. The molecule has 142 valence electrons. The summed E-state index contributed by atoms with van der Waals surface area (Å²) >= 11 is 0. The molecule has 0 bridgehead atoms. The second kappa shape index (κ2) is 7.52. The van der Waals surface area contributed by atoms with E-state index in [0.29, 0.717) is 6.61 Å². The quantitative estimate of drug-likeness (QED) is 0.638. The summed E-state index contributed by atoms with van der Waals surface area (Å²) in [6.07, 6.45) is 1.70. The molecule has 0 radical (unpaired) electrons. The molecule has 0 atom stereocenters. The molecule has 0 N–H and O–H groups in total. The molecule has 0 amide bonds. The third-order valence-electron chi connectivity index (χ3n) is 4.72. The lowest BCUT2D eigenvalue weighted by molar-refractivity contribution is 0.387. The number of nitrogens with zero attached hydrogens (tertiary/aromatic N) is 1. The van der Waals surface area contributed by atoms with Crippen molar-refractivity contribution in [3.05, 3.63) is 102 Å². The predicted octanol–water partition coefficient (Wildman–Crippen LogP) is 4.62. The van der Waals surface area contributed by atoms with Gasteiger partial charge in [-0.2, -0.15) is 0 Å². The van der Waals surface area contributed by atoms with E-state index in [1.807, 2.05) is 73.7 Å². The molecule has 0 fully saturated rings. The standard InChI is InChI=1S/C23H21NO3S/c1-18-11-13-21(14-12-18)28(25,26)24(15-19-7-3-2-4-8-19)16-20-17-27-23-10-6-5-9-22(20)23/h2-14,16H,15,17H2,1H3/b20-16+. The molecule has 1 aliphatic heterocycles. The minimum absolute atomic E-state index is 0.253. The maximum absolute atomic E-state index is 13.4. The Bertz CT molecular complexity index is 1100. The van der Waals surface area contributed by atoms with E-state index in [1.54, 1.807) is 18.3 Å². The Morgan fingerprint density at radius 2 is 1.61 bits per heavy atom. The summed E-state index contributed by atoms with van der Waals surface area (Å²) in [4.78, 5) is 0.276. The van der Waals surface area contributed by atoms with Crippen molar-refractivity contribution in [3.8, 4) is 5.75 Å². The average molecular weight is 391 g/mol. The number of hydrogen-bond acceptors (Lipinski definition) is 3. The number of sulfonamides is 1. The van der Waals surface area contributed by atoms with Crippen molar-refractivity contribution in [2.45, 2.75) is 18.4 Å². The van der Waals surface area contributed by atoms with Gasteiger partial charge in [-0.15, -0.1) is 0 Å². The maximum Gasteiger partial charge on any atom is 0.264 e. The zero-order valence-electron chi connectivity index (χ0n) is 15.6. The highest BCUT2D eigenvalue weighted by atomic mass is 32.2. The second-order valence-electron chi connectivity index (χ2n) is 6.79. The average Bonchev–Trinajstić information content (AvgIpc) is 3.12. The van der Waals surface area contributed by atoms with Gasteiger partial charge in [0.1, 0.15) is 12.4 Å². The number of aryl methyl sites for hydroxylation is 1. The number of ether oxygens (including phenoxy) is 1. The van der Waals surface area contributed by atoms with Crippen LogP contribution >= 0.6 is 0 Å². The Morgan fingerprint density at radius 3 is 2.36 bits per heavy atom. The summed E-state index contributed by atoms with van der Waals surface area (Å²) in [5.74, 6) is 0.779. The van der Waals surface area contributed by atoms with E-state index in [2.05, 4.69) is 0 Å². The van der Waals surface area contributed by atoms with E-state index in [1.165, 1.54) is 4.31 Å². The summed E-state index contributed by atoms with van der Waals surface area (Å²) in [7, 11) is -3.70. The SMILES string of the molecule is Cc1ccc(S(=O)(=O)N(/C=C2\COc3ccccc32)Cc2ccccc2)cc1. The molecular weight excluding hydrogens is 370 g/mol. The minimum Gasteiger partial charge on any atom is -0.488 e. The fourth-order valence-electron chi connectivity index (χ4n) is 3.18. The molecule has 3 aromatic carbocycles. The fraction of sp³-hybridized carbons (Fsp3) is 0.130. The summed E-state index contributed by atoms with van der Waals surface area (Å²) < 4.78 is 33.9. The van der Waals surface area contributed by atoms with Gasteiger partial charge in [-0.3, -0.25) is 4.31 Å². The zero-order valence-corrected chi connectivity index (χ0v) is 16.4. The van der Waals surface area contributed by atoms with Crippen molar-refractivity contribution in [3.63, 3.8) is 0 Å². The molecule has 0 unspecified atom stereocenters. The van der Waals surface area contributed by atoms with Crippen LogP contribution in [0, 0.1) is 6.92 Å². The highest BCUT2D eigenvalue weighted by Gasteiger charge is 2.25. The van der Waals surface area contributed by atoms with Gasteiger partial charge in [0, 0.05) is 17.3 Å². The monoisotopic (exact) mass is 391 g/mol. The maximum atomic E-state index is 13.4. The molecule has 0 saturated heterocycles. The molecule has 3 aromatic rings.